The first-order valence-electron chi connectivity index (χ1n) is 6.65. The van der Waals surface area contributed by atoms with Gasteiger partial charge in [-0.15, -0.1) is 0 Å². The van der Waals surface area contributed by atoms with Crippen molar-refractivity contribution in [3.05, 3.63) is 29.8 Å². The van der Waals surface area contributed by atoms with Crippen LogP contribution in [0.2, 0.25) is 0 Å². The highest BCUT2D eigenvalue weighted by Crippen LogP contribution is 2.33. The van der Waals surface area contributed by atoms with E-state index >= 15 is 0 Å². The quantitative estimate of drug-likeness (QED) is 0.881. The molecule has 1 atom stereocenters. The molecule has 6 heteroatoms. The summed E-state index contributed by atoms with van der Waals surface area (Å²) in [6, 6.07) is 7.50. The second kappa shape index (κ2) is 5.54. The lowest BCUT2D eigenvalue weighted by Gasteiger charge is -2.25. The van der Waals surface area contributed by atoms with E-state index < -0.39 is 15.1 Å². The zero-order chi connectivity index (χ0) is 14.9. The van der Waals surface area contributed by atoms with Gasteiger partial charge >= 0.3 is 0 Å². The number of benzene rings is 1. The first kappa shape index (κ1) is 15.0. The van der Waals surface area contributed by atoms with E-state index in [4.69, 9.17) is 5.73 Å². The molecule has 0 aromatic heterocycles. The van der Waals surface area contributed by atoms with Gasteiger partial charge in [-0.05, 0) is 37.5 Å². The number of nitrogens with two attached hydrogens (primary N) is 1. The van der Waals surface area contributed by atoms with Crippen molar-refractivity contribution in [2.75, 3.05) is 11.2 Å². The summed E-state index contributed by atoms with van der Waals surface area (Å²) in [5, 5.41) is -1.02. The van der Waals surface area contributed by atoms with E-state index in [1.54, 1.807) is 4.90 Å². The van der Waals surface area contributed by atoms with Crippen molar-refractivity contribution in [2.45, 2.75) is 37.6 Å². The second-order valence-electron chi connectivity index (χ2n) is 5.28. The molecule has 0 aliphatic heterocycles. The summed E-state index contributed by atoms with van der Waals surface area (Å²) in [6.45, 7) is 1.89. The van der Waals surface area contributed by atoms with Gasteiger partial charge in [0.2, 0.25) is 5.91 Å². The normalized spacial score (nSPS) is 16.8. The van der Waals surface area contributed by atoms with E-state index in [-0.39, 0.29) is 11.9 Å². The molecule has 0 bridgehead atoms. The maximum Gasteiger partial charge on any atom is 0.245 e. The first-order valence-corrected chi connectivity index (χ1v) is 8.61. The fourth-order valence-electron chi connectivity index (χ4n) is 2.02. The average Bonchev–Trinajstić information content (AvgIpc) is 3.22. The van der Waals surface area contributed by atoms with Crippen LogP contribution in [0.4, 0.5) is 5.69 Å². The van der Waals surface area contributed by atoms with Crippen molar-refractivity contribution >= 4 is 21.4 Å². The van der Waals surface area contributed by atoms with E-state index in [9.17, 15) is 13.2 Å². The summed E-state index contributed by atoms with van der Waals surface area (Å²) >= 11 is 0. The van der Waals surface area contributed by atoms with Crippen molar-refractivity contribution in [3.8, 4) is 0 Å². The molecule has 0 spiro atoms. The molecule has 110 valence electrons. The number of carbonyl (C=O) groups excluding carboxylic acids is 1. The molecule has 1 unspecified atom stereocenters. The van der Waals surface area contributed by atoms with Gasteiger partial charge in [0.15, 0.2) is 9.84 Å². The number of nitrogens with zero attached hydrogens (tertiary/aromatic N) is 1. The van der Waals surface area contributed by atoms with Gasteiger partial charge in [0.25, 0.3) is 0 Å². The Bertz CT molecular complexity index is 591. The van der Waals surface area contributed by atoms with Crippen LogP contribution in [0, 0.1) is 0 Å². The maximum absolute atomic E-state index is 12.4. The number of rotatable bonds is 5. The zero-order valence-corrected chi connectivity index (χ0v) is 12.6. The van der Waals surface area contributed by atoms with Gasteiger partial charge in [-0.2, -0.15) is 0 Å². The van der Waals surface area contributed by atoms with Crippen LogP contribution in [-0.4, -0.2) is 31.9 Å². The number of sulfone groups is 1. The third-order valence-corrected chi connectivity index (χ3v) is 5.08. The Labute approximate surface area is 119 Å². The molecule has 1 aliphatic carbocycles. The molecular formula is C14H20N2O3S. The molecule has 1 aromatic carbocycles. The fraction of sp³-hybridized carbons (Fsp3) is 0.500. The highest BCUT2D eigenvalue weighted by molar-refractivity contribution is 7.92. The van der Waals surface area contributed by atoms with Crippen LogP contribution in [0.1, 0.15) is 25.3 Å². The first-order chi connectivity index (χ1) is 9.34. The van der Waals surface area contributed by atoms with Crippen molar-refractivity contribution in [1.29, 1.82) is 0 Å². The van der Waals surface area contributed by atoms with E-state index in [0.717, 1.165) is 30.3 Å². The molecule has 1 saturated carbocycles. The van der Waals surface area contributed by atoms with Crippen molar-refractivity contribution in [3.63, 3.8) is 0 Å². The minimum absolute atomic E-state index is 0.121. The van der Waals surface area contributed by atoms with E-state index in [1.165, 1.54) is 6.92 Å². The zero-order valence-electron chi connectivity index (χ0n) is 11.7. The molecule has 20 heavy (non-hydrogen) atoms. The predicted octanol–water partition coefficient (Wildman–Crippen LogP) is 1.07. The van der Waals surface area contributed by atoms with Gasteiger partial charge in [-0.3, -0.25) is 4.79 Å². The summed E-state index contributed by atoms with van der Waals surface area (Å²) in [5.41, 5.74) is 7.27. The molecule has 0 heterocycles. The molecule has 2 N–H and O–H groups in total. The van der Waals surface area contributed by atoms with E-state index in [2.05, 4.69) is 0 Å². The van der Waals surface area contributed by atoms with Crippen LogP contribution in [0.5, 0.6) is 0 Å². The third kappa shape index (κ3) is 3.19. The number of amides is 1. The number of carbonyl (C=O) groups is 1. The van der Waals surface area contributed by atoms with Crippen LogP contribution in [-0.2, 0) is 21.2 Å². The summed E-state index contributed by atoms with van der Waals surface area (Å²) in [6.07, 6.45) is 2.93. The predicted molar refractivity (Wildman–Crippen MR) is 79.1 cm³/mol. The van der Waals surface area contributed by atoms with Gasteiger partial charge in [0, 0.05) is 24.5 Å². The standard InChI is InChI=1S/C14H20N2O3S/c1-10(20(2,18)19)14(17)16(13-7-8-13)12-5-3-11(9-15)4-6-12/h3-6,10,13H,7-9,15H2,1-2H3. The molecule has 1 fully saturated rings. The summed E-state index contributed by atoms with van der Waals surface area (Å²) < 4.78 is 23.2. The number of hydrogen-bond acceptors (Lipinski definition) is 4. The topological polar surface area (TPSA) is 80.5 Å². The van der Waals surface area contributed by atoms with Gasteiger partial charge in [0.1, 0.15) is 5.25 Å². The summed E-state index contributed by atoms with van der Waals surface area (Å²) in [5.74, 6) is -0.351. The van der Waals surface area contributed by atoms with Gasteiger partial charge in [0.05, 0.1) is 0 Å². The lowest BCUT2D eigenvalue weighted by atomic mass is 10.2. The van der Waals surface area contributed by atoms with Gasteiger partial charge < -0.3 is 10.6 Å². The Hall–Kier alpha value is -1.40. The van der Waals surface area contributed by atoms with Crippen LogP contribution in [0.25, 0.3) is 0 Å². The Kier molecular flexibility index (Phi) is 4.15. The monoisotopic (exact) mass is 296 g/mol. The SMILES string of the molecule is CC(C(=O)N(c1ccc(CN)cc1)C1CC1)S(C)(=O)=O. The van der Waals surface area contributed by atoms with Crippen molar-refractivity contribution in [2.24, 2.45) is 5.73 Å². The van der Waals surface area contributed by atoms with E-state index in [0.29, 0.717) is 6.54 Å². The summed E-state index contributed by atoms with van der Waals surface area (Å²) in [4.78, 5) is 14.1. The largest absolute Gasteiger partial charge is 0.326 e. The Morgan fingerprint density at radius 3 is 2.30 bits per heavy atom. The molecule has 1 aliphatic rings. The minimum atomic E-state index is -3.38. The summed E-state index contributed by atoms with van der Waals surface area (Å²) in [7, 11) is -3.38. The van der Waals surface area contributed by atoms with Crippen LogP contribution >= 0.6 is 0 Å². The molecule has 1 aromatic rings. The van der Waals surface area contributed by atoms with Gasteiger partial charge in [-0.1, -0.05) is 12.1 Å². The third-order valence-electron chi connectivity index (χ3n) is 3.59. The molecule has 2 rings (SSSR count). The molecule has 0 radical (unpaired) electrons. The molecular weight excluding hydrogens is 276 g/mol. The van der Waals surface area contributed by atoms with Gasteiger partial charge in [-0.25, -0.2) is 8.42 Å². The van der Waals surface area contributed by atoms with Crippen LogP contribution in [0.15, 0.2) is 24.3 Å². The second-order valence-corrected chi connectivity index (χ2v) is 7.65. The lowest BCUT2D eigenvalue weighted by molar-refractivity contribution is -0.118. The lowest BCUT2D eigenvalue weighted by Crippen LogP contribution is -2.42. The molecule has 0 saturated heterocycles. The minimum Gasteiger partial charge on any atom is -0.326 e. The number of hydrogen-bond donors (Lipinski definition) is 1. The number of anilines is 1. The Balaban J connectivity index is 2.29. The molecule has 5 nitrogen and oxygen atoms in total. The molecule has 1 amide bonds. The van der Waals surface area contributed by atoms with Crippen LogP contribution in [0.3, 0.4) is 0 Å². The van der Waals surface area contributed by atoms with Crippen molar-refractivity contribution < 1.29 is 13.2 Å². The van der Waals surface area contributed by atoms with Crippen LogP contribution < -0.4 is 10.6 Å². The average molecular weight is 296 g/mol. The smallest absolute Gasteiger partial charge is 0.245 e. The fourth-order valence-corrected chi connectivity index (χ4v) is 2.50. The Morgan fingerprint density at radius 1 is 1.35 bits per heavy atom. The highest BCUT2D eigenvalue weighted by Gasteiger charge is 2.38. The maximum atomic E-state index is 12.4. The van der Waals surface area contributed by atoms with Crippen molar-refractivity contribution in [1.82, 2.24) is 0 Å². The van der Waals surface area contributed by atoms with E-state index in [1.807, 2.05) is 24.3 Å². The Morgan fingerprint density at radius 2 is 1.90 bits per heavy atom. The highest BCUT2D eigenvalue weighted by atomic mass is 32.2.